The summed E-state index contributed by atoms with van der Waals surface area (Å²) >= 11 is 1.01. The van der Waals surface area contributed by atoms with Crippen molar-refractivity contribution in [2.75, 3.05) is 36.4 Å². The van der Waals surface area contributed by atoms with Crippen molar-refractivity contribution >= 4 is 29.3 Å². The van der Waals surface area contributed by atoms with E-state index in [9.17, 15) is 23.1 Å². The number of alkyl halides is 3. The van der Waals surface area contributed by atoms with Gasteiger partial charge in [0.25, 0.3) is 0 Å². The number of carboxylic acids is 1. The number of halogens is 3. The molecule has 6 nitrogen and oxygen atoms in total. The minimum absolute atomic E-state index is 0.0567. The number of rotatable bonds is 6. The highest BCUT2D eigenvalue weighted by atomic mass is 32.2. The molecule has 2 N–H and O–H groups in total. The van der Waals surface area contributed by atoms with Gasteiger partial charge in [0.15, 0.2) is 0 Å². The van der Waals surface area contributed by atoms with Gasteiger partial charge in [0, 0.05) is 13.1 Å². The van der Waals surface area contributed by atoms with Gasteiger partial charge >= 0.3 is 12.1 Å². The van der Waals surface area contributed by atoms with Crippen molar-refractivity contribution in [3.05, 3.63) is 47.5 Å². The van der Waals surface area contributed by atoms with E-state index in [2.05, 4.69) is 9.62 Å². The predicted molar refractivity (Wildman–Crippen MR) is 116 cm³/mol. The Hall–Kier alpha value is -2.59. The Balaban J connectivity index is 1.60. The Kier molecular flexibility index (Phi) is 6.17. The standard InChI is InChI=1S/C22H23F3N2O4S/c1-30-18-5-2-14(20(28)29)12-19(18)32-26-16-13-15(22(23,24)25)3-4-17(16)27-9-6-21(7-10-27)8-11-31-21/h2-5,12-13,26H,6-11H2,1H3,(H,28,29). The zero-order valence-electron chi connectivity index (χ0n) is 17.4. The molecule has 2 heterocycles. The number of anilines is 2. The molecule has 4 rings (SSSR count). The molecule has 0 saturated carbocycles. The lowest BCUT2D eigenvalue weighted by Crippen LogP contribution is -2.52. The van der Waals surface area contributed by atoms with Crippen LogP contribution in [0.2, 0.25) is 0 Å². The number of hydrogen-bond acceptors (Lipinski definition) is 6. The van der Waals surface area contributed by atoms with Crippen LogP contribution in [0.4, 0.5) is 24.5 Å². The zero-order chi connectivity index (χ0) is 22.9. The fourth-order valence-corrected chi connectivity index (χ4v) is 4.83. The van der Waals surface area contributed by atoms with E-state index in [0.717, 1.165) is 50.0 Å². The van der Waals surface area contributed by atoms with Crippen molar-refractivity contribution in [3.63, 3.8) is 0 Å². The van der Waals surface area contributed by atoms with E-state index in [4.69, 9.17) is 9.47 Å². The van der Waals surface area contributed by atoms with Crippen LogP contribution < -0.4 is 14.4 Å². The van der Waals surface area contributed by atoms with Crippen LogP contribution in [-0.4, -0.2) is 43.5 Å². The Morgan fingerprint density at radius 1 is 1.19 bits per heavy atom. The first kappa shape index (κ1) is 22.6. The molecule has 0 unspecified atom stereocenters. The number of hydrogen-bond donors (Lipinski definition) is 2. The Morgan fingerprint density at radius 3 is 2.47 bits per heavy atom. The number of carboxylic acid groups (broad SMARTS) is 1. The van der Waals surface area contributed by atoms with Crippen molar-refractivity contribution in [1.82, 2.24) is 0 Å². The van der Waals surface area contributed by atoms with E-state index in [1.807, 2.05) is 0 Å². The molecule has 0 atom stereocenters. The highest BCUT2D eigenvalue weighted by Gasteiger charge is 2.41. The molecule has 0 amide bonds. The lowest BCUT2D eigenvalue weighted by atomic mass is 9.84. The number of piperidine rings is 1. The summed E-state index contributed by atoms with van der Waals surface area (Å²) in [4.78, 5) is 13.8. The maximum absolute atomic E-state index is 13.4. The third-order valence-corrected chi connectivity index (χ3v) is 6.85. The molecule has 0 aromatic heterocycles. The number of aromatic carboxylic acids is 1. The normalized spacial score (nSPS) is 17.7. The van der Waals surface area contributed by atoms with Crippen LogP contribution in [0.15, 0.2) is 41.3 Å². The predicted octanol–water partition coefficient (Wildman–Crippen LogP) is 5.29. The number of methoxy groups -OCH3 is 1. The van der Waals surface area contributed by atoms with Gasteiger partial charge in [0.2, 0.25) is 0 Å². The van der Waals surface area contributed by atoms with E-state index in [0.29, 0.717) is 35.1 Å². The monoisotopic (exact) mass is 468 g/mol. The Bertz CT molecular complexity index is 1000. The molecule has 1 spiro atoms. The van der Waals surface area contributed by atoms with E-state index >= 15 is 0 Å². The summed E-state index contributed by atoms with van der Waals surface area (Å²) in [7, 11) is 1.45. The summed E-state index contributed by atoms with van der Waals surface area (Å²) < 4.78 is 54.1. The summed E-state index contributed by atoms with van der Waals surface area (Å²) in [6.07, 6.45) is -1.80. The van der Waals surface area contributed by atoms with E-state index in [-0.39, 0.29) is 11.2 Å². The van der Waals surface area contributed by atoms with Gasteiger partial charge in [-0.1, -0.05) is 0 Å². The van der Waals surface area contributed by atoms with Gasteiger partial charge in [-0.3, -0.25) is 0 Å². The van der Waals surface area contributed by atoms with Gasteiger partial charge < -0.3 is 24.2 Å². The largest absolute Gasteiger partial charge is 0.496 e. The molecule has 0 aliphatic carbocycles. The number of ether oxygens (including phenoxy) is 2. The van der Waals surface area contributed by atoms with Gasteiger partial charge in [-0.05, 0) is 67.6 Å². The molecule has 2 saturated heterocycles. The highest BCUT2D eigenvalue weighted by molar-refractivity contribution is 8.00. The average molecular weight is 468 g/mol. The molecule has 0 bridgehead atoms. The van der Waals surface area contributed by atoms with Gasteiger partial charge in [-0.2, -0.15) is 13.2 Å². The molecule has 172 valence electrons. The van der Waals surface area contributed by atoms with Crippen LogP contribution in [-0.2, 0) is 10.9 Å². The van der Waals surface area contributed by atoms with E-state index in [1.165, 1.54) is 31.4 Å². The molecule has 2 aliphatic heterocycles. The molecule has 2 aromatic rings. The van der Waals surface area contributed by atoms with E-state index < -0.39 is 17.7 Å². The SMILES string of the molecule is COc1ccc(C(=O)O)cc1SNc1cc(C(F)(F)F)ccc1N1CCC2(CCO2)CC1. The third-order valence-electron chi connectivity index (χ3n) is 5.99. The molecular formula is C22H23F3N2O4S. The lowest BCUT2D eigenvalue weighted by molar-refractivity contribution is -0.158. The second-order valence-electron chi connectivity index (χ2n) is 7.87. The fraction of sp³-hybridized carbons (Fsp3) is 0.409. The third kappa shape index (κ3) is 4.61. The van der Waals surface area contributed by atoms with Gasteiger partial charge in [-0.25, -0.2) is 4.79 Å². The highest BCUT2D eigenvalue weighted by Crippen LogP contribution is 2.42. The maximum Gasteiger partial charge on any atom is 0.416 e. The summed E-state index contributed by atoms with van der Waals surface area (Å²) in [6, 6.07) is 8.00. The summed E-state index contributed by atoms with van der Waals surface area (Å²) in [5, 5.41) is 9.25. The molecule has 32 heavy (non-hydrogen) atoms. The first-order valence-corrected chi connectivity index (χ1v) is 11.0. The Morgan fingerprint density at radius 2 is 1.91 bits per heavy atom. The van der Waals surface area contributed by atoms with Crippen LogP contribution in [0.1, 0.15) is 35.2 Å². The van der Waals surface area contributed by atoms with Gasteiger partial charge in [-0.15, -0.1) is 0 Å². The van der Waals surface area contributed by atoms with Gasteiger partial charge in [0.1, 0.15) is 5.75 Å². The molecule has 2 aromatic carbocycles. The van der Waals surface area contributed by atoms with E-state index in [1.54, 1.807) is 0 Å². The molecule has 2 aliphatic rings. The average Bonchev–Trinajstić information content (AvgIpc) is 2.75. The quantitative estimate of drug-likeness (QED) is 0.558. The summed E-state index contributed by atoms with van der Waals surface area (Å²) in [5.74, 6) is -0.683. The fourth-order valence-electron chi connectivity index (χ4n) is 4.01. The van der Waals surface area contributed by atoms with Crippen LogP contribution in [0.3, 0.4) is 0 Å². The van der Waals surface area contributed by atoms with Crippen molar-refractivity contribution < 1.29 is 32.5 Å². The number of carbonyl (C=O) groups is 1. The summed E-state index contributed by atoms with van der Waals surface area (Å²) in [5.41, 5.74) is 0.189. The van der Waals surface area contributed by atoms with Crippen LogP contribution in [0, 0.1) is 0 Å². The Labute approximate surface area is 187 Å². The molecule has 10 heteroatoms. The first-order valence-electron chi connectivity index (χ1n) is 10.2. The second kappa shape index (κ2) is 8.74. The van der Waals surface area contributed by atoms with Crippen molar-refractivity contribution in [3.8, 4) is 5.75 Å². The molecule has 0 radical (unpaired) electrons. The number of nitrogens with zero attached hydrogens (tertiary/aromatic N) is 1. The van der Waals surface area contributed by atoms with Crippen molar-refractivity contribution in [2.45, 2.75) is 35.9 Å². The smallest absolute Gasteiger partial charge is 0.416 e. The van der Waals surface area contributed by atoms with Crippen molar-refractivity contribution in [2.24, 2.45) is 0 Å². The van der Waals surface area contributed by atoms with Gasteiger partial charge in [0.05, 0.1) is 46.7 Å². The summed E-state index contributed by atoms with van der Waals surface area (Å²) in [6.45, 7) is 2.13. The topological polar surface area (TPSA) is 71.0 Å². The van der Waals surface area contributed by atoms with Crippen LogP contribution >= 0.6 is 11.9 Å². The van der Waals surface area contributed by atoms with Crippen molar-refractivity contribution in [1.29, 1.82) is 0 Å². The number of benzene rings is 2. The first-order chi connectivity index (χ1) is 15.2. The number of nitrogens with one attached hydrogen (secondary N) is 1. The minimum atomic E-state index is -4.48. The molecule has 2 fully saturated rings. The molecular weight excluding hydrogens is 445 g/mol. The zero-order valence-corrected chi connectivity index (χ0v) is 18.2. The maximum atomic E-state index is 13.4. The van der Waals surface area contributed by atoms with Crippen LogP contribution in [0.5, 0.6) is 5.75 Å². The lowest BCUT2D eigenvalue weighted by Gasteiger charge is -2.48. The second-order valence-corrected chi connectivity index (χ2v) is 8.72. The van der Waals surface area contributed by atoms with Crippen LogP contribution in [0.25, 0.3) is 0 Å². The minimum Gasteiger partial charge on any atom is -0.496 e.